The van der Waals surface area contributed by atoms with E-state index in [9.17, 15) is 0 Å². The van der Waals surface area contributed by atoms with Crippen LogP contribution in [0.4, 0.5) is 0 Å². The fourth-order valence-corrected chi connectivity index (χ4v) is 1.82. The minimum atomic E-state index is 0.929. The molecule has 0 saturated carbocycles. The molecule has 1 aromatic heterocycles. The molecule has 0 saturated heterocycles. The summed E-state index contributed by atoms with van der Waals surface area (Å²) in [5, 5.41) is 0. The zero-order valence-corrected chi connectivity index (χ0v) is 9.63. The lowest BCUT2D eigenvalue weighted by Gasteiger charge is -2.02. The quantitative estimate of drug-likeness (QED) is 0.712. The lowest BCUT2D eigenvalue weighted by Crippen LogP contribution is -2.38. The van der Waals surface area contributed by atoms with Crippen LogP contribution in [0.2, 0.25) is 0 Å². The molecule has 2 aromatic rings. The Bertz CT molecular complexity index is 437. The predicted molar refractivity (Wildman–Crippen MR) is 64.0 cm³/mol. The second-order valence-corrected chi connectivity index (χ2v) is 3.93. The number of benzene rings is 1. The molecule has 0 N–H and O–H groups in total. The first-order valence-electron chi connectivity index (χ1n) is 5.76. The van der Waals surface area contributed by atoms with Crippen LogP contribution < -0.4 is 4.57 Å². The molecule has 0 aliphatic rings. The molecule has 0 radical (unpaired) electrons. The van der Waals surface area contributed by atoms with Gasteiger partial charge in [-0.05, 0) is 6.42 Å². The zero-order chi connectivity index (χ0) is 11.2. The third-order valence-corrected chi connectivity index (χ3v) is 2.63. The molecular formula is C14H17N2+. The van der Waals surface area contributed by atoms with Crippen molar-refractivity contribution < 1.29 is 4.57 Å². The van der Waals surface area contributed by atoms with Gasteiger partial charge in [-0.25, -0.2) is 0 Å². The van der Waals surface area contributed by atoms with Crippen LogP contribution in [0, 0.1) is 0 Å². The van der Waals surface area contributed by atoms with Crippen molar-refractivity contribution in [2.45, 2.75) is 26.3 Å². The van der Waals surface area contributed by atoms with Gasteiger partial charge < -0.3 is 0 Å². The molecule has 0 unspecified atom stereocenters. The van der Waals surface area contributed by atoms with E-state index in [0.717, 1.165) is 19.4 Å². The topological polar surface area (TPSA) is 16.8 Å². The van der Waals surface area contributed by atoms with E-state index >= 15 is 0 Å². The van der Waals surface area contributed by atoms with E-state index in [1.54, 1.807) is 0 Å². The average molecular weight is 213 g/mol. The number of nitrogens with zero attached hydrogens (tertiary/aromatic N) is 2. The monoisotopic (exact) mass is 213 g/mol. The Balaban J connectivity index is 2.21. The zero-order valence-electron chi connectivity index (χ0n) is 9.63. The molecule has 1 heterocycles. The molecule has 0 aliphatic carbocycles. The highest BCUT2D eigenvalue weighted by Crippen LogP contribution is 2.00. The van der Waals surface area contributed by atoms with Crippen molar-refractivity contribution in [1.82, 2.24) is 4.98 Å². The summed E-state index contributed by atoms with van der Waals surface area (Å²) in [5.74, 6) is 0. The molecule has 82 valence electrons. The van der Waals surface area contributed by atoms with Crippen LogP contribution >= 0.6 is 0 Å². The summed E-state index contributed by atoms with van der Waals surface area (Å²) < 4.78 is 2.27. The van der Waals surface area contributed by atoms with Crippen molar-refractivity contribution in [2.24, 2.45) is 0 Å². The average Bonchev–Trinajstić information content (AvgIpc) is 2.33. The number of hydrogen-bond acceptors (Lipinski definition) is 1. The van der Waals surface area contributed by atoms with Gasteiger partial charge in [-0.15, -0.1) is 0 Å². The Morgan fingerprint density at radius 2 is 2.00 bits per heavy atom. The summed E-state index contributed by atoms with van der Waals surface area (Å²) in [4.78, 5) is 4.18. The van der Waals surface area contributed by atoms with E-state index in [4.69, 9.17) is 0 Å². The van der Waals surface area contributed by atoms with E-state index in [0.29, 0.717) is 0 Å². The Morgan fingerprint density at radius 3 is 2.75 bits per heavy atom. The van der Waals surface area contributed by atoms with Crippen LogP contribution in [0.3, 0.4) is 0 Å². The molecule has 0 amide bonds. The first-order valence-corrected chi connectivity index (χ1v) is 5.76. The fraction of sp³-hybridized carbons (Fsp3) is 0.286. The van der Waals surface area contributed by atoms with Gasteiger partial charge in [0.15, 0.2) is 18.4 Å². The van der Waals surface area contributed by atoms with Crippen molar-refractivity contribution >= 4 is 0 Å². The van der Waals surface area contributed by atoms with Crippen molar-refractivity contribution in [3.05, 3.63) is 60.2 Å². The van der Waals surface area contributed by atoms with Crippen LogP contribution in [0.15, 0.2) is 48.9 Å². The second kappa shape index (κ2) is 5.40. The van der Waals surface area contributed by atoms with Crippen LogP contribution in [-0.4, -0.2) is 4.98 Å². The highest BCUT2D eigenvalue weighted by Gasteiger charge is 2.09. The lowest BCUT2D eigenvalue weighted by atomic mass is 10.2. The summed E-state index contributed by atoms with van der Waals surface area (Å²) >= 11 is 0. The number of hydrogen-bond donors (Lipinski definition) is 0. The van der Waals surface area contributed by atoms with Crippen molar-refractivity contribution in [3.8, 4) is 0 Å². The van der Waals surface area contributed by atoms with E-state index in [1.807, 2.05) is 18.5 Å². The molecule has 0 atom stereocenters. The van der Waals surface area contributed by atoms with Crippen molar-refractivity contribution in [1.29, 1.82) is 0 Å². The summed E-state index contributed by atoms with van der Waals surface area (Å²) in [6.45, 7) is 3.12. The maximum Gasteiger partial charge on any atom is 0.200 e. The molecule has 0 aliphatic heterocycles. The minimum absolute atomic E-state index is 0.929. The Hall–Kier alpha value is -1.70. The molecule has 16 heavy (non-hydrogen) atoms. The smallest absolute Gasteiger partial charge is 0.200 e. The minimum Gasteiger partial charge on any atom is -0.252 e. The Kier molecular flexibility index (Phi) is 3.65. The van der Waals surface area contributed by atoms with Crippen LogP contribution in [0.1, 0.15) is 24.6 Å². The van der Waals surface area contributed by atoms with Gasteiger partial charge in [-0.1, -0.05) is 37.3 Å². The van der Waals surface area contributed by atoms with Crippen LogP contribution in [0.5, 0.6) is 0 Å². The molecular weight excluding hydrogens is 196 g/mol. The SMILES string of the molecule is CCCc1cncc[n+]1Cc1ccccc1. The molecule has 2 nitrogen and oxygen atoms in total. The van der Waals surface area contributed by atoms with Gasteiger partial charge >= 0.3 is 0 Å². The van der Waals surface area contributed by atoms with E-state index in [1.165, 1.54) is 11.3 Å². The molecule has 2 rings (SSSR count). The first kappa shape index (κ1) is 10.8. The second-order valence-electron chi connectivity index (χ2n) is 3.93. The van der Waals surface area contributed by atoms with Crippen LogP contribution in [0.25, 0.3) is 0 Å². The van der Waals surface area contributed by atoms with Gasteiger partial charge in [0.05, 0.1) is 12.4 Å². The number of aryl methyl sites for hydroxylation is 1. The maximum absolute atomic E-state index is 4.18. The summed E-state index contributed by atoms with van der Waals surface area (Å²) in [6, 6.07) is 10.5. The van der Waals surface area contributed by atoms with E-state index < -0.39 is 0 Å². The van der Waals surface area contributed by atoms with Gasteiger partial charge in [-0.2, -0.15) is 4.57 Å². The molecule has 0 fully saturated rings. The third-order valence-electron chi connectivity index (χ3n) is 2.63. The standard InChI is InChI=1S/C14H17N2/c1-2-6-14-11-15-9-10-16(14)12-13-7-4-3-5-8-13/h3-5,7-11H,2,6,12H2,1H3/q+1. The maximum atomic E-state index is 4.18. The largest absolute Gasteiger partial charge is 0.252 e. The summed E-state index contributed by atoms with van der Waals surface area (Å²) in [7, 11) is 0. The molecule has 1 aromatic carbocycles. The van der Waals surface area contributed by atoms with Gasteiger partial charge in [-0.3, -0.25) is 4.98 Å². The van der Waals surface area contributed by atoms with Crippen molar-refractivity contribution in [3.63, 3.8) is 0 Å². The number of rotatable bonds is 4. The van der Waals surface area contributed by atoms with Crippen molar-refractivity contribution in [2.75, 3.05) is 0 Å². The first-order chi connectivity index (χ1) is 7.90. The molecule has 2 heteroatoms. The molecule has 0 bridgehead atoms. The normalized spacial score (nSPS) is 10.3. The van der Waals surface area contributed by atoms with Gasteiger partial charge in [0.25, 0.3) is 0 Å². The summed E-state index contributed by atoms with van der Waals surface area (Å²) in [5.41, 5.74) is 2.63. The third kappa shape index (κ3) is 2.66. The van der Waals surface area contributed by atoms with Gasteiger partial charge in [0.2, 0.25) is 0 Å². The van der Waals surface area contributed by atoms with Gasteiger partial charge in [0, 0.05) is 12.0 Å². The number of aromatic nitrogens is 2. The van der Waals surface area contributed by atoms with E-state index in [-0.39, 0.29) is 0 Å². The highest BCUT2D eigenvalue weighted by molar-refractivity contribution is 5.13. The highest BCUT2D eigenvalue weighted by atomic mass is 15.0. The Labute approximate surface area is 96.6 Å². The van der Waals surface area contributed by atoms with E-state index in [2.05, 4.69) is 46.9 Å². The van der Waals surface area contributed by atoms with Gasteiger partial charge in [0.1, 0.15) is 0 Å². The lowest BCUT2D eigenvalue weighted by molar-refractivity contribution is -0.696. The van der Waals surface area contributed by atoms with Crippen LogP contribution in [-0.2, 0) is 13.0 Å². The predicted octanol–water partition coefficient (Wildman–Crippen LogP) is 2.37. The molecule has 0 spiro atoms. The summed E-state index contributed by atoms with van der Waals surface area (Å²) in [6.07, 6.45) is 8.10. The fourth-order valence-electron chi connectivity index (χ4n) is 1.82. The Morgan fingerprint density at radius 1 is 1.19 bits per heavy atom.